The summed E-state index contributed by atoms with van der Waals surface area (Å²) < 4.78 is 13.4. The Kier molecular flexibility index (Phi) is 15.1. The molecule has 548 valence electrons. The van der Waals surface area contributed by atoms with Gasteiger partial charge in [0, 0.05) is 92.7 Å². The van der Waals surface area contributed by atoms with Gasteiger partial charge in [-0.15, -0.1) is 22.7 Å². The lowest BCUT2D eigenvalue weighted by atomic mass is 9.30. The van der Waals surface area contributed by atoms with E-state index in [4.69, 9.17) is 4.74 Å². The zero-order chi connectivity index (χ0) is 77.6. The van der Waals surface area contributed by atoms with Crippen molar-refractivity contribution in [1.29, 1.82) is 0 Å². The molecule has 8 heterocycles. The molecule has 0 atom stereocenters. The standard InChI is InChI=1S/C103H84B3N5OS2/c1-54-34-59(6)92(60(7)35-54)69-44-81-95-84(45-69)108(72-26-18-16-19-27-72)100-74-30-22-24-32-90(74)113-102(100)105(95)76-50-77-82(52-80(76)107-81)110(98-65(12)40-57(4)41-66(98)13)87-48-71(94-63(10)38-56(3)39-64(94)11)49-89-97(87)104(77)79-51-78-83(53-88(79)112-89)111(99-67(14)42-58(5)43-68(99)15)86-47-70(93-61(8)36-55(2)37-62(93)9)46-85-96(86)106(78)103-101(75-31-23-25-33-91(75)114-103)109(85)73-28-20-17-21-29-73/h16-53,107H,1-15H3. The number of thiophene rings is 2. The molecule has 14 aromatic carbocycles. The van der Waals surface area contributed by atoms with E-state index in [0.29, 0.717) is 0 Å². The molecule has 0 unspecified atom stereocenters. The zero-order valence-electron chi connectivity index (χ0n) is 67.2. The Bertz CT molecular complexity index is 6880. The van der Waals surface area contributed by atoms with Crippen molar-refractivity contribution < 1.29 is 4.74 Å². The number of nitrogens with zero attached hydrogens (tertiary/aromatic N) is 4. The fraction of sp³-hybridized carbons (Fsp3) is 0.146. The third kappa shape index (κ3) is 9.94. The Labute approximate surface area is 677 Å². The number of benzene rings is 14. The van der Waals surface area contributed by atoms with Gasteiger partial charge in [-0.3, -0.25) is 0 Å². The maximum atomic E-state index is 8.18. The van der Waals surface area contributed by atoms with Crippen LogP contribution in [0, 0.1) is 104 Å². The van der Waals surface area contributed by atoms with E-state index in [-0.39, 0.29) is 20.1 Å². The summed E-state index contributed by atoms with van der Waals surface area (Å²) in [5.74, 6) is 1.74. The van der Waals surface area contributed by atoms with E-state index in [0.717, 1.165) is 62.3 Å². The molecule has 2 aromatic heterocycles. The molecule has 0 saturated heterocycles. The fourth-order valence-electron chi connectivity index (χ4n) is 22.0. The van der Waals surface area contributed by atoms with Gasteiger partial charge < -0.3 is 29.7 Å². The van der Waals surface area contributed by atoms with Gasteiger partial charge >= 0.3 is 0 Å². The van der Waals surface area contributed by atoms with E-state index in [1.54, 1.807) is 0 Å². The van der Waals surface area contributed by atoms with Crippen LogP contribution in [-0.4, -0.2) is 20.1 Å². The summed E-state index contributed by atoms with van der Waals surface area (Å²) in [4.78, 5) is 10.6. The molecule has 0 saturated carbocycles. The van der Waals surface area contributed by atoms with E-state index >= 15 is 0 Å². The highest BCUT2D eigenvalue weighted by molar-refractivity contribution is 7.34. The first kappa shape index (κ1) is 68.8. The first-order valence-corrected chi connectivity index (χ1v) is 41.9. The predicted molar refractivity (Wildman–Crippen MR) is 494 cm³/mol. The SMILES string of the molecule is Cc1cc(C)c(-c2cc3c4c(c2)N(c2ccccc2)c2c(sc5ccccc25)B4c2cc4c(cc2N3)N(c2c(C)cc(C)cc2C)c2cc(-c3c(C)cc(C)cc3C)cc3c2B4c2cc4c(cc2O3)N(c2c(C)cc(C)cc2C)c2cc(-c3c(C)cc(C)cc3C)cc3c2B4c2sc4ccccc4c2N3c2ccccc2)c(C)c1. The normalized spacial score (nSPS) is 13.6. The van der Waals surface area contributed by atoms with Crippen molar-refractivity contribution in [3.63, 3.8) is 0 Å². The Hall–Kier alpha value is -12.0. The minimum atomic E-state index is -0.304. The number of nitrogens with one attached hydrogen (secondary N) is 1. The molecule has 0 amide bonds. The largest absolute Gasteiger partial charge is 0.458 e. The van der Waals surface area contributed by atoms with Crippen LogP contribution < -0.4 is 77.4 Å². The minimum absolute atomic E-state index is 0.143. The average molecular weight is 1500 g/mol. The van der Waals surface area contributed by atoms with E-state index in [9.17, 15) is 0 Å². The summed E-state index contributed by atoms with van der Waals surface area (Å²) in [6, 6.07) is 89.8. The summed E-state index contributed by atoms with van der Waals surface area (Å²) in [6.45, 7) is 33.6. The molecular weight excluding hydrogens is 1420 g/mol. The van der Waals surface area contributed by atoms with Gasteiger partial charge in [0.25, 0.3) is 20.1 Å². The summed E-state index contributed by atoms with van der Waals surface area (Å²) in [5.41, 5.74) is 51.1. The molecule has 6 nitrogen and oxygen atoms in total. The van der Waals surface area contributed by atoms with Crippen LogP contribution in [0.15, 0.2) is 231 Å². The number of hydrogen-bond donors (Lipinski definition) is 1. The van der Waals surface area contributed by atoms with Gasteiger partial charge in [-0.1, -0.05) is 173 Å². The zero-order valence-corrected chi connectivity index (χ0v) is 68.8. The van der Waals surface area contributed by atoms with Crippen LogP contribution in [-0.2, 0) is 0 Å². The number of ether oxygens (including phenoxy) is 1. The average Bonchev–Trinajstić information content (AvgIpc) is 1.16. The Morgan fingerprint density at radius 2 is 0.640 bits per heavy atom. The number of rotatable bonds is 7. The lowest BCUT2D eigenvalue weighted by molar-refractivity contribution is 0.488. The molecule has 22 rings (SSSR count). The third-order valence-corrected chi connectivity index (χ3v) is 28.1. The van der Waals surface area contributed by atoms with Crippen LogP contribution in [0.4, 0.5) is 79.6 Å². The molecule has 0 fully saturated rings. The smallest absolute Gasteiger partial charge is 0.264 e. The summed E-state index contributed by atoms with van der Waals surface area (Å²) in [5, 5.41) is 6.90. The van der Waals surface area contributed by atoms with Gasteiger partial charge in [-0.2, -0.15) is 0 Å². The molecule has 6 aliphatic rings. The molecule has 11 heteroatoms. The van der Waals surface area contributed by atoms with Crippen molar-refractivity contribution in [2.24, 2.45) is 0 Å². The van der Waals surface area contributed by atoms with E-state index < -0.39 is 0 Å². The highest BCUT2D eigenvalue weighted by Gasteiger charge is 2.52. The van der Waals surface area contributed by atoms with Gasteiger partial charge in [0.15, 0.2) is 0 Å². The van der Waals surface area contributed by atoms with Crippen LogP contribution in [0.2, 0.25) is 0 Å². The molecule has 0 spiro atoms. The van der Waals surface area contributed by atoms with Gasteiger partial charge in [-0.05, 0) is 310 Å². The van der Waals surface area contributed by atoms with Crippen LogP contribution in [0.25, 0.3) is 53.6 Å². The number of fused-ring (bicyclic) bond motifs is 16. The van der Waals surface area contributed by atoms with Crippen LogP contribution in [0.3, 0.4) is 0 Å². The number of hydrogen-bond acceptors (Lipinski definition) is 8. The van der Waals surface area contributed by atoms with Crippen LogP contribution in [0.5, 0.6) is 11.5 Å². The molecule has 0 bridgehead atoms. The molecular formula is C103H84B3N5OS2. The quantitative estimate of drug-likeness (QED) is 0.160. The summed E-state index contributed by atoms with van der Waals surface area (Å²) in [6.07, 6.45) is 0. The molecule has 6 aliphatic heterocycles. The lowest BCUT2D eigenvalue weighted by Gasteiger charge is -2.46. The lowest BCUT2D eigenvalue weighted by Crippen LogP contribution is -2.65. The highest BCUT2D eigenvalue weighted by Crippen LogP contribution is 2.55. The minimum Gasteiger partial charge on any atom is -0.458 e. The fourth-order valence-corrected chi connectivity index (χ4v) is 24.7. The van der Waals surface area contributed by atoms with Gasteiger partial charge in [0.2, 0.25) is 0 Å². The second-order valence-electron chi connectivity index (χ2n) is 33.7. The monoisotopic (exact) mass is 1500 g/mol. The van der Waals surface area contributed by atoms with Crippen molar-refractivity contribution >= 4 is 190 Å². The van der Waals surface area contributed by atoms with Crippen LogP contribution >= 0.6 is 22.7 Å². The van der Waals surface area contributed by atoms with Crippen molar-refractivity contribution in [3.8, 4) is 44.9 Å². The first-order chi connectivity index (χ1) is 55.2. The maximum Gasteiger partial charge on any atom is 0.264 e. The molecule has 1 N–H and O–H groups in total. The Morgan fingerprint density at radius 1 is 0.272 bits per heavy atom. The number of anilines is 14. The Morgan fingerprint density at radius 3 is 1.11 bits per heavy atom. The molecule has 0 radical (unpaired) electrons. The van der Waals surface area contributed by atoms with Crippen molar-refractivity contribution in [2.75, 3.05) is 24.9 Å². The molecule has 114 heavy (non-hydrogen) atoms. The Balaban J connectivity index is 0.872. The van der Waals surface area contributed by atoms with Crippen molar-refractivity contribution in [2.45, 2.75) is 104 Å². The molecule has 0 aliphatic carbocycles. The van der Waals surface area contributed by atoms with E-state index in [1.807, 2.05) is 22.7 Å². The van der Waals surface area contributed by atoms with Crippen molar-refractivity contribution in [3.05, 3.63) is 314 Å². The van der Waals surface area contributed by atoms with Crippen molar-refractivity contribution in [1.82, 2.24) is 0 Å². The number of aryl methyl sites for hydroxylation is 15. The number of para-hydroxylation sites is 2. The van der Waals surface area contributed by atoms with Gasteiger partial charge in [-0.25, -0.2) is 0 Å². The highest BCUT2D eigenvalue weighted by atomic mass is 32.1. The van der Waals surface area contributed by atoms with Gasteiger partial charge in [0.05, 0.1) is 22.7 Å². The van der Waals surface area contributed by atoms with E-state index in [1.165, 1.54) is 214 Å². The topological polar surface area (TPSA) is 34.2 Å². The first-order valence-electron chi connectivity index (χ1n) is 40.3. The second kappa shape index (κ2) is 25.0. The molecule has 16 aromatic rings. The van der Waals surface area contributed by atoms with Crippen LogP contribution in [0.1, 0.15) is 83.5 Å². The maximum absolute atomic E-state index is 8.18. The predicted octanol–water partition coefficient (Wildman–Crippen LogP) is 22.6. The van der Waals surface area contributed by atoms with E-state index in [2.05, 4.69) is 359 Å². The third-order valence-electron chi connectivity index (χ3n) is 25.6. The second-order valence-corrected chi connectivity index (χ2v) is 35.9. The summed E-state index contributed by atoms with van der Waals surface area (Å²) in [7, 11) is 0. The van der Waals surface area contributed by atoms with Gasteiger partial charge in [0.1, 0.15) is 11.5 Å². The summed E-state index contributed by atoms with van der Waals surface area (Å²) >= 11 is 3.92.